The van der Waals surface area contributed by atoms with Gasteiger partial charge in [-0.2, -0.15) is 0 Å². The van der Waals surface area contributed by atoms with Crippen LogP contribution in [0.3, 0.4) is 0 Å². The number of rotatable bonds is 3. The lowest BCUT2D eigenvalue weighted by molar-refractivity contribution is 0.112. The van der Waals surface area contributed by atoms with Gasteiger partial charge in [0.2, 0.25) is 0 Å². The Morgan fingerprint density at radius 1 is 1.40 bits per heavy atom. The van der Waals surface area contributed by atoms with Crippen molar-refractivity contribution in [3.8, 4) is 11.5 Å². The Labute approximate surface area is 86.4 Å². The summed E-state index contributed by atoms with van der Waals surface area (Å²) in [5, 5.41) is 0.704. The van der Waals surface area contributed by atoms with E-state index in [-0.39, 0.29) is 0 Å². The lowest BCUT2D eigenvalue weighted by Crippen LogP contribution is -1.94. The molecule has 0 bridgehead atoms. The number of ether oxygens (including phenoxy) is 2. The molecule has 2 rings (SSSR count). The van der Waals surface area contributed by atoms with Gasteiger partial charge in [0.15, 0.2) is 17.6 Å². The molecule has 0 amide bonds. The van der Waals surface area contributed by atoms with Crippen LogP contribution in [0.2, 0.25) is 0 Å². The van der Waals surface area contributed by atoms with Gasteiger partial charge in [0, 0.05) is 6.07 Å². The highest BCUT2D eigenvalue weighted by Gasteiger charge is 2.15. The zero-order chi connectivity index (χ0) is 10.8. The van der Waals surface area contributed by atoms with E-state index >= 15 is 0 Å². The Balaban J connectivity index is 2.84. The van der Waals surface area contributed by atoms with Gasteiger partial charge in [-0.05, 0) is 6.07 Å². The summed E-state index contributed by atoms with van der Waals surface area (Å²) in [5.41, 5.74) is 0.850. The Morgan fingerprint density at radius 3 is 2.80 bits per heavy atom. The van der Waals surface area contributed by atoms with Crippen LogP contribution in [-0.2, 0) is 0 Å². The highest BCUT2D eigenvalue weighted by molar-refractivity contribution is 5.96. The van der Waals surface area contributed by atoms with Crippen molar-refractivity contribution in [1.82, 2.24) is 0 Å². The van der Waals surface area contributed by atoms with E-state index in [0.29, 0.717) is 34.3 Å². The third-order valence-corrected chi connectivity index (χ3v) is 2.14. The van der Waals surface area contributed by atoms with E-state index in [1.54, 1.807) is 6.07 Å². The molecule has 15 heavy (non-hydrogen) atoms. The van der Waals surface area contributed by atoms with Crippen LogP contribution in [0.4, 0.5) is 0 Å². The first kappa shape index (κ1) is 9.58. The monoisotopic (exact) mass is 205 g/mol. The Bertz CT molecular complexity index is 499. The van der Waals surface area contributed by atoms with Crippen molar-refractivity contribution < 1.29 is 18.7 Å². The van der Waals surface area contributed by atoms with Crippen LogP contribution < -0.4 is 9.47 Å². The van der Waals surface area contributed by atoms with E-state index in [1.165, 1.54) is 20.5 Å². The van der Waals surface area contributed by atoms with Crippen LogP contribution in [-0.4, -0.2) is 20.5 Å². The molecule has 0 N–H and O–H groups in total. The van der Waals surface area contributed by atoms with E-state index in [0.717, 1.165) is 0 Å². The van der Waals surface area contributed by atoms with Gasteiger partial charge in [-0.25, -0.2) is 0 Å². The highest BCUT2D eigenvalue weighted by atomic mass is 16.5. The van der Waals surface area contributed by atoms with Gasteiger partial charge < -0.3 is 13.9 Å². The number of furan rings is 1. The summed E-state index contributed by atoms with van der Waals surface area (Å²) in [6.07, 6.45) is 2.19. The van der Waals surface area contributed by atoms with E-state index < -0.39 is 0 Å². The molecule has 4 nitrogen and oxygen atoms in total. The van der Waals surface area contributed by atoms with Crippen LogP contribution in [0.25, 0.3) is 11.0 Å². The third-order valence-electron chi connectivity index (χ3n) is 2.14. The van der Waals surface area contributed by atoms with Crippen molar-refractivity contribution in [3.05, 3.63) is 24.0 Å². The van der Waals surface area contributed by atoms with E-state index in [9.17, 15) is 4.79 Å². The number of aldehydes is 1. The third kappa shape index (κ3) is 1.34. The summed E-state index contributed by atoms with van der Waals surface area (Å²) in [5.74, 6) is 0.854. The smallest absolute Gasteiger partial charge is 0.180 e. The normalized spacial score (nSPS) is 10.3. The minimum Gasteiger partial charge on any atom is -0.495 e. The summed E-state index contributed by atoms with van der Waals surface area (Å²) < 4.78 is 15.4. The maximum atomic E-state index is 10.8. The standard InChI is InChI=1S/C11H9O4/c1-13-9-5-7(6-12)10(14-2)8-3-4-15-11(8)9/h3-4,6H,1-2H3. The molecule has 0 aliphatic heterocycles. The number of methoxy groups -OCH3 is 2. The lowest BCUT2D eigenvalue weighted by Gasteiger charge is -2.07. The topological polar surface area (TPSA) is 48.7 Å². The lowest BCUT2D eigenvalue weighted by atomic mass is 10.1. The van der Waals surface area contributed by atoms with Gasteiger partial charge in [0.05, 0.1) is 31.4 Å². The zero-order valence-corrected chi connectivity index (χ0v) is 8.37. The molecule has 77 valence electrons. The van der Waals surface area contributed by atoms with Crippen LogP contribution in [0, 0.1) is 6.07 Å². The summed E-state index contributed by atoms with van der Waals surface area (Å²) in [7, 11) is 2.99. The minimum absolute atomic E-state index is 0.322. The average Bonchev–Trinajstić information content (AvgIpc) is 2.75. The molecule has 0 aliphatic carbocycles. The quantitative estimate of drug-likeness (QED) is 0.719. The molecular weight excluding hydrogens is 196 g/mol. The zero-order valence-electron chi connectivity index (χ0n) is 8.37. The Hall–Kier alpha value is -1.97. The Kier molecular flexibility index (Phi) is 2.33. The van der Waals surface area contributed by atoms with Gasteiger partial charge in [0.1, 0.15) is 5.75 Å². The van der Waals surface area contributed by atoms with Crippen molar-refractivity contribution in [2.75, 3.05) is 14.2 Å². The molecule has 2 aromatic rings. The predicted molar refractivity (Wildman–Crippen MR) is 53.5 cm³/mol. The van der Waals surface area contributed by atoms with Gasteiger partial charge in [-0.15, -0.1) is 0 Å². The number of carbonyl (C=O) groups is 1. The summed E-state index contributed by atoms with van der Waals surface area (Å²) in [4.78, 5) is 10.8. The molecule has 0 aliphatic rings. The number of fused-ring (bicyclic) bond motifs is 1. The average molecular weight is 205 g/mol. The largest absolute Gasteiger partial charge is 0.495 e. The molecule has 0 atom stereocenters. The summed E-state index contributed by atoms with van der Waals surface area (Å²) in [6, 6.07) is 4.50. The second-order valence-corrected chi connectivity index (χ2v) is 2.89. The molecule has 1 aromatic carbocycles. The van der Waals surface area contributed by atoms with Crippen molar-refractivity contribution in [3.63, 3.8) is 0 Å². The summed E-state index contributed by atoms with van der Waals surface area (Å²) in [6.45, 7) is 0. The fourth-order valence-corrected chi connectivity index (χ4v) is 1.49. The van der Waals surface area contributed by atoms with E-state index in [1.807, 2.05) is 0 Å². The maximum Gasteiger partial charge on any atom is 0.180 e. The first-order chi connectivity index (χ1) is 7.31. The minimum atomic E-state index is 0.322. The highest BCUT2D eigenvalue weighted by Crippen LogP contribution is 2.35. The molecule has 1 radical (unpaired) electrons. The summed E-state index contributed by atoms with van der Waals surface area (Å²) >= 11 is 0. The second kappa shape index (κ2) is 3.65. The van der Waals surface area contributed by atoms with Crippen LogP contribution in [0.1, 0.15) is 10.4 Å². The first-order valence-corrected chi connectivity index (χ1v) is 4.31. The fourth-order valence-electron chi connectivity index (χ4n) is 1.49. The predicted octanol–water partition coefficient (Wildman–Crippen LogP) is 2.06. The van der Waals surface area contributed by atoms with E-state index in [2.05, 4.69) is 6.07 Å². The number of benzene rings is 1. The molecule has 0 spiro atoms. The molecule has 0 saturated carbocycles. The van der Waals surface area contributed by atoms with Crippen molar-refractivity contribution in [2.24, 2.45) is 0 Å². The van der Waals surface area contributed by atoms with Crippen molar-refractivity contribution in [2.45, 2.75) is 0 Å². The van der Waals surface area contributed by atoms with E-state index in [4.69, 9.17) is 13.9 Å². The van der Waals surface area contributed by atoms with Crippen molar-refractivity contribution in [1.29, 1.82) is 0 Å². The van der Waals surface area contributed by atoms with Gasteiger partial charge in [-0.1, -0.05) is 0 Å². The van der Waals surface area contributed by atoms with Crippen molar-refractivity contribution >= 4 is 17.3 Å². The second-order valence-electron chi connectivity index (χ2n) is 2.89. The molecule has 1 aromatic heterocycles. The van der Waals surface area contributed by atoms with Crippen LogP contribution >= 0.6 is 0 Å². The maximum absolute atomic E-state index is 10.8. The van der Waals surface area contributed by atoms with Gasteiger partial charge in [0.25, 0.3) is 0 Å². The number of carbonyl (C=O) groups excluding carboxylic acids is 1. The SMILES string of the molecule is COc1c(C=O)[c]c(OC)c2occc12. The molecular formula is C11H9O4. The number of hydrogen-bond donors (Lipinski definition) is 0. The van der Waals surface area contributed by atoms with Crippen LogP contribution in [0.15, 0.2) is 16.7 Å². The Morgan fingerprint density at radius 2 is 2.20 bits per heavy atom. The molecule has 0 unspecified atom stereocenters. The van der Waals surface area contributed by atoms with Crippen LogP contribution in [0.5, 0.6) is 11.5 Å². The van der Waals surface area contributed by atoms with Gasteiger partial charge >= 0.3 is 0 Å². The molecule has 0 fully saturated rings. The first-order valence-electron chi connectivity index (χ1n) is 4.31. The number of hydrogen-bond acceptors (Lipinski definition) is 4. The fraction of sp³-hybridized carbons (Fsp3) is 0.182. The molecule has 1 heterocycles. The van der Waals surface area contributed by atoms with Gasteiger partial charge in [-0.3, -0.25) is 4.79 Å². The molecule has 0 saturated heterocycles. The molecule has 4 heteroatoms.